The Bertz CT molecular complexity index is 683. The van der Waals surface area contributed by atoms with Gasteiger partial charge in [-0.3, -0.25) is 0 Å². The second-order valence-corrected chi connectivity index (χ2v) is 5.04. The quantitative estimate of drug-likeness (QED) is 0.815. The first kappa shape index (κ1) is 12.0. The number of pyridine rings is 1. The lowest BCUT2D eigenvalue weighted by Crippen LogP contribution is -2.32. The lowest BCUT2D eigenvalue weighted by atomic mass is 9.87. The van der Waals surface area contributed by atoms with Crippen LogP contribution in [0.5, 0.6) is 0 Å². The number of rotatable bonds is 1. The first-order valence-corrected chi connectivity index (χ1v) is 6.40. The number of aryl methyl sites for hydroxylation is 2. The molecule has 0 saturated carbocycles. The molecule has 0 saturated heterocycles. The fraction of sp³-hybridized carbons (Fsp3) is 0.429. The summed E-state index contributed by atoms with van der Waals surface area (Å²) >= 11 is 0. The fourth-order valence-electron chi connectivity index (χ4n) is 2.74. The van der Waals surface area contributed by atoms with Crippen molar-refractivity contribution < 1.29 is 5.11 Å². The van der Waals surface area contributed by atoms with Gasteiger partial charge in [0.2, 0.25) is 0 Å². The minimum Gasteiger partial charge on any atom is -0.391 e. The third-order valence-electron chi connectivity index (χ3n) is 3.97. The number of β-amino-alcohol motifs (C(OH)–C–C–N with tert-alkyl or cyclic N) is 1. The third-order valence-corrected chi connectivity index (χ3v) is 3.97. The van der Waals surface area contributed by atoms with E-state index >= 15 is 0 Å². The van der Waals surface area contributed by atoms with E-state index in [2.05, 4.69) is 16.4 Å². The molecule has 0 bridgehead atoms. The Kier molecular flexibility index (Phi) is 2.68. The molecule has 5 nitrogen and oxygen atoms in total. The zero-order chi connectivity index (χ0) is 13.6. The summed E-state index contributed by atoms with van der Waals surface area (Å²) in [6, 6.07) is 4.14. The van der Waals surface area contributed by atoms with Crippen LogP contribution in [0.3, 0.4) is 0 Å². The van der Waals surface area contributed by atoms with Gasteiger partial charge in [-0.1, -0.05) is 0 Å². The number of nitriles is 1. The van der Waals surface area contributed by atoms with Crippen molar-refractivity contribution in [3.8, 4) is 6.07 Å². The first-order valence-electron chi connectivity index (χ1n) is 6.40. The van der Waals surface area contributed by atoms with Crippen LogP contribution in [0.2, 0.25) is 0 Å². The normalized spacial score (nSPS) is 21.8. The molecule has 0 radical (unpaired) electrons. The maximum atomic E-state index is 10.0. The van der Waals surface area contributed by atoms with Crippen molar-refractivity contribution in [1.82, 2.24) is 9.38 Å². The van der Waals surface area contributed by atoms with Crippen LogP contribution in [-0.2, 0) is 0 Å². The molecule has 2 N–H and O–H groups in total. The monoisotopic (exact) mass is 256 g/mol. The number of aliphatic hydroxyl groups excluding tert-OH is 1. The van der Waals surface area contributed by atoms with Gasteiger partial charge < -0.3 is 14.8 Å². The van der Waals surface area contributed by atoms with Crippen LogP contribution in [0.1, 0.15) is 29.3 Å². The Hall–Kier alpha value is -2.06. The Morgan fingerprint density at radius 3 is 3.11 bits per heavy atom. The van der Waals surface area contributed by atoms with Crippen molar-refractivity contribution >= 4 is 11.3 Å². The maximum Gasteiger partial charge on any atom is 0.161 e. The number of nitrogens with zero attached hydrogens (tertiary/aromatic N) is 3. The van der Waals surface area contributed by atoms with E-state index < -0.39 is 6.10 Å². The van der Waals surface area contributed by atoms with Gasteiger partial charge in [-0.05, 0) is 25.5 Å². The van der Waals surface area contributed by atoms with Crippen molar-refractivity contribution in [1.29, 1.82) is 5.26 Å². The molecule has 2 aromatic rings. The van der Waals surface area contributed by atoms with Gasteiger partial charge >= 0.3 is 0 Å². The number of anilines is 1. The zero-order valence-corrected chi connectivity index (χ0v) is 11.0. The fourth-order valence-corrected chi connectivity index (χ4v) is 2.74. The van der Waals surface area contributed by atoms with Gasteiger partial charge in [0.05, 0.1) is 23.6 Å². The molecule has 0 spiro atoms. The third kappa shape index (κ3) is 1.68. The van der Waals surface area contributed by atoms with Crippen molar-refractivity contribution in [2.75, 3.05) is 11.9 Å². The largest absolute Gasteiger partial charge is 0.391 e. The van der Waals surface area contributed by atoms with E-state index in [-0.39, 0.29) is 5.92 Å². The summed E-state index contributed by atoms with van der Waals surface area (Å²) in [4.78, 5) is 4.58. The molecule has 0 aliphatic carbocycles. The summed E-state index contributed by atoms with van der Waals surface area (Å²) in [5.74, 6) is -0.136. The van der Waals surface area contributed by atoms with E-state index in [1.807, 2.05) is 30.5 Å². The number of aromatic nitrogens is 2. The predicted molar refractivity (Wildman–Crippen MR) is 72.1 cm³/mol. The van der Waals surface area contributed by atoms with Crippen molar-refractivity contribution in [2.24, 2.45) is 0 Å². The highest BCUT2D eigenvalue weighted by atomic mass is 16.3. The molecule has 0 unspecified atom stereocenters. The van der Waals surface area contributed by atoms with Gasteiger partial charge in [-0.25, -0.2) is 4.98 Å². The lowest BCUT2D eigenvalue weighted by molar-refractivity contribution is 0.152. The van der Waals surface area contributed by atoms with Gasteiger partial charge in [0.1, 0.15) is 0 Å². The molecule has 1 aliphatic rings. The predicted octanol–water partition coefficient (Wildman–Crippen LogP) is 1.73. The summed E-state index contributed by atoms with van der Waals surface area (Å²) in [6.45, 7) is 4.48. The number of imidazole rings is 1. The second kappa shape index (κ2) is 4.25. The molecule has 19 heavy (non-hydrogen) atoms. The minimum atomic E-state index is -0.522. The second-order valence-electron chi connectivity index (χ2n) is 5.04. The standard InChI is InChI=1S/C14H16N4O/c1-8-9(2)18-6-4-11-10(3-5-15)12(19)7-16-13(11)14(18)17-8/h4,6,10,12,16,19H,3,7H2,1-2H3/t10-,12+/m0/s1. The number of fused-ring (bicyclic) bond motifs is 3. The molecular formula is C14H16N4O. The van der Waals surface area contributed by atoms with Gasteiger partial charge in [-0.2, -0.15) is 5.26 Å². The number of aliphatic hydroxyl groups is 1. The van der Waals surface area contributed by atoms with Gasteiger partial charge in [0, 0.05) is 30.8 Å². The van der Waals surface area contributed by atoms with Crippen LogP contribution in [0.4, 0.5) is 5.69 Å². The number of hydrogen-bond acceptors (Lipinski definition) is 4. The van der Waals surface area contributed by atoms with Crippen LogP contribution in [-0.4, -0.2) is 27.1 Å². The van der Waals surface area contributed by atoms with Gasteiger partial charge in [-0.15, -0.1) is 0 Å². The van der Waals surface area contributed by atoms with E-state index in [1.165, 1.54) is 0 Å². The van der Waals surface area contributed by atoms with Gasteiger partial charge in [0.25, 0.3) is 0 Å². The molecule has 5 heteroatoms. The summed E-state index contributed by atoms with van der Waals surface area (Å²) in [5, 5.41) is 22.2. The van der Waals surface area contributed by atoms with Gasteiger partial charge in [0.15, 0.2) is 5.65 Å². The highest BCUT2D eigenvalue weighted by Gasteiger charge is 2.30. The minimum absolute atomic E-state index is 0.136. The summed E-state index contributed by atoms with van der Waals surface area (Å²) in [7, 11) is 0. The van der Waals surface area contributed by atoms with E-state index in [0.717, 1.165) is 28.3 Å². The lowest BCUT2D eigenvalue weighted by Gasteiger charge is -2.30. The van der Waals surface area contributed by atoms with Crippen molar-refractivity contribution in [2.45, 2.75) is 32.3 Å². The van der Waals surface area contributed by atoms with E-state index in [4.69, 9.17) is 5.26 Å². The van der Waals surface area contributed by atoms with E-state index in [0.29, 0.717) is 13.0 Å². The zero-order valence-electron chi connectivity index (χ0n) is 11.0. The molecule has 3 rings (SSSR count). The Balaban J connectivity index is 2.23. The smallest absolute Gasteiger partial charge is 0.161 e. The Labute approximate surface area is 111 Å². The van der Waals surface area contributed by atoms with E-state index in [9.17, 15) is 5.11 Å². The molecule has 0 amide bonds. The molecule has 3 heterocycles. The maximum absolute atomic E-state index is 10.0. The molecule has 0 fully saturated rings. The molecule has 2 atom stereocenters. The van der Waals surface area contributed by atoms with Crippen molar-refractivity contribution in [3.05, 3.63) is 29.2 Å². The van der Waals surface area contributed by atoms with Crippen LogP contribution in [0.25, 0.3) is 5.65 Å². The molecule has 98 valence electrons. The van der Waals surface area contributed by atoms with Crippen molar-refractivity contribution in [3.63, 3.8) is 0 Å². The average Bonchev–Trinajstić information content (AvgIpc) is 2.69. The van der Waals surface area contributed by atoms with Crippen LogP contribution in [0, 0.1) is 25.2 Å². The highest BCUT2D eigenvalue weighted by molar-refractivity contribution is 5.74. The molecule has 2 aromatic heterocycles. The summed E-state index contributed by atoms with van der Waals surface area (Å²) < 4.78 is 2.04. The van der Waals surface area contributed by atoms with Crippen LogP contribution >= 0.6 is 0 Å². The average molecular weight is 256 g/mol. The molecule has 0 aromatic carbocycles. The number of nitrogens with one attached hydrogen (secondary N) is 1. The SMILES string of the molecule is Cc1nc2c3c(ccn2c1C)[C@H](CC#N)[C@H](O)CN3. The van der Waals surface area contributed by atoms with Crippen LogP contribution < -0.4 is 5.32 Å². The van der Waals surface area contributed by atoms with Crippen LogP contribution in [0.15, 0.2) is 12.3 Å². The Morgan fingerprint density at radius 1 is 1.58 bits per heavy atom. The summed E-state index contributed by atoms with van der Waals surface area (Å²) in [5.41, 5.74) is 4.92. The molecule has 1 aliphatic heterocycles. The highest BCUT2D eigenvalue weighted by Crippen LogP contribution is 2.36. The summed E-state index contributed by atoms with van der Waals surface area (Å²) in [6.07, 6.45) is 1.77. The number of hydrogen-bond donors (Lipinski definition) is 2. The van der Waals surface area contributed by atoms with E-state index in [1.54, 1.807) is 0 Å². The first-order chi connectivity index (χ1) is 9.13. The Morgan fingerprint density at radius 2 is 2.37 bits per heavy atom. The molecular weight excluding hydrogens is 240 g/mol. The topological polar surface area (TPSA) is 73.4 Å².